The number of benzene rings is 1. The van der Waals surface area contributed by atoms with Crippen LogP contribution in [0.2, 0.25) is 0 Å². The van der Waals surface area contributed by atoms with Crippen molar-refractivity contribution in [1.82, 2.24) is 20.9 Å². The highest BCUT2D eigenvalue weighted by atomic mass is 19.1. The van der Waals surface area contributed by atoms with Gasteiger partial charge in [0.25, 0.3) is 5.91 Å². The molecule has 33 heavy (non-hydrogen) atoms. The number of hydrogen-bond acceptors (Lipinski definition) is 4. The van der Waals surface area contributed by atoms with Gasteiger partial charge in [-0.15, -0.1) is 0 Å². The van der Waals surface area contributed by atoms with Crippen molar-refractivity contribution < 1.29 is 23.6 Å². The molecule has 1 aliphatic carbocycles. The van der Waals surface area contributed by atoms with Crippen LogP contribution >= 0.6 is 0 Å². The summed E-state index contributed by atoms with van der Waals surface area (Å²) in [6.45, 7) is 0.564. The number of nitrogens with one attached hydrogen (secondary N) is 4. The molecule has 1 aliphatic heterocycles. The molecule has 0 radical (unpaired) electrons. The number of carbonyl (C=O) groups excluding carboxylic acids is 4. The van der Waals surface area contributed by atoms with Gasteiger partial charge in [0.2, 0.25) is 11.8 Å². The molecule has 2 aromatic rings. The van der Waals surface area contributed by atoms with Gasteiger partial charge in [0.1, 0.15) is 23.8 Å². The number of fused-ring (bicyclic) bond motifs is 1. The molecule has 0 unspecified atom stereocenters. The smallest absolute Gasteiger partial charge is 0.268 e. The average Bonchev–Trinajstić information content (AvgIpc) is 3.44. The molecule has 4 N–H and O–H groups in total. The van der Waals surface area contributed by atoms with Gasteiger partial charge in [0, 0.05) is 23.4 Å². The molecule has 0 spiro atoms. The third-order valence-corrected chi connectivity index (χ3v) is 6.74. The third-order valence-electron chi connectivity index (χ3n) is 6.74. The number of amides is 3. The van der Waals surface area contributed by atoms with Crippen molar-refractivity contribution in [2.75, 3.05) is 6.54 Å². The summed E-state index contributed by atoms with van der Waals surface area (Å²) in [5, 5.41) is 8.58. The summed E-state index contributed by atoms with van der Waals surface area (Å²) in [6, 6.07) is 4.35. The van der Waals surface area contributed by atoms with Crippen molar-refractivity contribution in [3.8, 4) is 0 Å². The normalized spacial score (nSPS) is 20.8. The van der Waals surface area contributed by atoms with Gasteiger partial charge < -0.3 is 25.7 Å². The average molecular weight is 457 g/mol. The van der Waals surface area contributed by atoms with Crippen LogP contribution in [-0.2, 0) is 14.4 Å². The fraction of sp³-hybridized carbons (Fsp3) is 0.500. The molecule has 9 heteroatoms. The van der Waals surface area contributed by atoms with Gasteiger partial charge in [-0.2, -0.15) is 0 Å². The first-order valence-electron chi connectivity index (χ1n) is 11.6. The van der Waals surface area contributed by atoms with Crippen LogP contribution in [0.25, 0.3) is 10.9 Å². The minimum atomic E-state index is -0.825. The summed E-state index contributed by atoms with van der Waals surface area (Å²) < 4.78 is 14.0. The maximum atomic E-state index is 14.0. The largest absolute Gasteiger partial charge is 0.356 e. The van der Waals surface area contributed by atoms with E-state index in [0.717, 1.165) is 32.1 Å². The molecule has 2 aliphatic rings. The topological polar surface area (TPSA) is 120 Å². The first-order valence-corrected chi connectivity index (χ1v) is 11.6. The maximum Gasteiger partial charge on any atom is 0.268 e. The van der Waals surface area contributed by atoms with Gasteiger partial charge in [0.15, 0.2) is 0 Å². The minimum Gasteiger partial charge on any atom is -0.356 e. The second-order valence-corrected chi connectivity index (χ2v) is 9.00. The summed E-state index contributed by atoms with van der Waals surface area (Å²) in [6.07, 6.45) is 6.07. The van der Waals surface area contributed by atoms with Crippen LogP contribution < -0.4 is 16.0 Å². The van der Waals surface area contributed by atoms with E-state index in [4.69, 9.17) is 0 Å². The lowest BCUT2D eigenvalue weighted by atomic mass is 9.83. The Bertz CT molecular complexity index is 1050. The molecule has 3 amide bonds. The molecule has 1 saturated heterocycles. The second-order valence-electron chi connectivity index (χ2n) is 9.00. The highest BCUT2D eigenvalue weighted by molar-refractivity contribution is 6.00. The highest BCUT2D eigenvalue weighted by Crippen LogP contribution is 2.27. The molecule has 1 aromatic heterocycles. The Labute approximate surface area is 191 Å². The number of H-pyrrole nitrogens is 1. The van der Waals surface area contributed by atoms with E-state index in [2.05, 4.69) is 20.9 Å². The highest BCUT2D eigenvalue weighted by Gasteiger charge is 2.34. The van der Waals surface area contributed by atoms with E-state index < -0.39 is 29.7 Å². The molecule has 2 heterocycles. The molecule has 1 saturated carbocycles. The van der Waals surface area contributed by atoms with E-state index in [0.29, 0.717) is 30.2 Å². The van der Waals surface area contributed by atoms with Gasteiger partial charge >= 0.3 is 0 Å². The number of rotatable bonds is 8. The zero-order valence-electron chi connectivity index (χ0n) is 18.4. The van der Waals surface area contributed by atoms with Crippen LogP contribution in [0.1, 0.15) is 55.4 Å². The fourth-order valence-electron chi connectivity index (χ4n) is 4.92. The first-order chi connectivity index (χ1) is 16.0. The molecule has 1 aromatic carbocycles. The molecule has 176 valence electrons. The van der Waals surface area contributed by atoms with Crippen LogP contribution in [0.15, 0.2) is 24.3 Å². The predicted octanol–water partition coefficient (Wildman–Crippen LogP) is 2.20. The number of halogens is 1. The number of aromatic amines is 1. The molecule has 3 atom stereocenters. The Kier molecular flexibility index (Phi) is 7.05. The lowest BCUT2D eigenvalue weighted by molar-refractivity contribution is -0.128. The Hall–Kier alpha value is -3.23. The summed E-state index contributed by atoms with van der Waals surface area (Å²) in [4.78, 5) is 52.6. The SMILES string of the molecule is O=C[C@H](C[C@@H]1CCNC1=O)NC(=O)[C@@H](NC(=O)c1cc2c(F)cccc2[nH]1)C1CCCCC1. The van der Waals surface area contributed by atoms with Crippen molar-refractivity contribution in [2.45, 2.75) is 57.0 Å². The van der Waals surface area contributed by atoms with E-state index in [1.807, 2.05) is 0 Å². The minimum absolute atomic E-state index is 0.0640. The fourth-order valence-corrected chi connectivity index (χ4v) is 4.92. The number of aromatic nitrogens is 1. The van der Waals surface area contributed by atoms with E-state index >= 15 is 0 Å². The lowest BCUT2D eigenvalue weighted by Gasteiger charge is -2.31. The van der Waals surface area contributed by atoms with E-state index in [-0.39, 0.29) is 29.9 Å². The van der Waals surface area contributed by atoms with Gasteiger partial charge in [-0.05, 0) is 49.8 Å². The summed E-state index contributed by atoms with van der Waals surface area (Å²) >= 11 is 0. The van der Waals surface area contributed by atoms with Gasteiger partial charge in [-0.1, -0.05) is 25.3 Å². The Morgan fingerprint density at radius 3 is 2.61 bits per heavy atom. The van der Waals surface area contributed by atoms with Crippen molar-refractivity contribution in [3.05, 3.63) is 35.8 Å². The first kappa shape index (κ1) is 22.9. The Morgan fingerprint density at radius 1 is 1.15 bits per heavy atom. The van der Waals surface area contributed by atoms with E-state index in [1.54, 1.807) is 12.1 Å². The number of carbonyl (C=O) groups is 4. The monoisotopic (exact) mass is 456 g/mol. The van der Waals surface area contributed by atoms with Crippen LogP contribution in [-0.4, -0.2) is 47.6 Å². The van der Waals surface area contributed by atoms with Crippen molar-refractivity contribution in [2.24, 2.45) is 11.8 Å². The Morgan fingerprint density at radius 2 is 1.94 bits per heavy atom. The van der Waals surface area contributed by atoms with Crippen molar-refractivity contribution >= 4 is 34.9 Å². The maximum absolute atomic E-state index is 14.0. The number of aldehydes is 1. The van der Waals surface area contributed by atoms with Gasteiger partial charge in [0.05, 0.1) is 6.04 Å². The second kappa shape index (κ2) is 10.1. The third kappa shape index (κ3) is 5.23. The Balaban J connectivity index is 1.49. The van der Waals surface area contributed by atoms with Crippen LogP contribution in [0.4, 0.5) is 4.39 Å². The van der Waals surface area contributed by atoms with Gasteiger partial charge in [-0.25, -0.2) is 4.39 Å². The zero-order chi connectivity index (χ0) is 23.4. The number of hydrogen-bond donors (Lipinski definition) is 4. The van der Waals surface area contributed by atoms with E-state index in [9.17, 15) is 23.6 Å². The van der Waals surface area contributed by atoms with Crippen LogP contribution in [0, 0.1) is 17.7 Å². The van der Waals surface area contributed by atoms with Crippen LogP contribution in [0.5, 0.6) is 0 Å². The molecule has 0 bridgehead atoms. The molecular formula is C24H29FN4O4. The predicted molar refractivity (Wildman–Crippen MR) is 120 cm³/mol. The summed E-state index contributed by atoms with van der Waals surface area (Å²) in [5.74, 6) is -1.87. The summed E-state index contributed by atoms with van der Waals surface area (Å²) in [7, 11) is 0. The standard InChI is InChI=1S/C24H29FN4O4/c25-18-7-4-8-19-17(18)12-20(28-19)23(32)29-21(14-5-2-1-3-6-14)24(33)27-16(13-30)11-15-9-10-26-22(15)31/h4,7-8,12-16,21,28H,1-3,5-6,9-11H2,(H,26,31)(H,27,33)(H,29,32)/t15-,16-,21-/m0/s1. The zero-order valence-corrected chi connectivity index (χ0v) is 18.4. The molecule has 2 fully saturated rings. The van der Waals surface area contributed by atoms with Crippen LogP contribution in [0.3, 0.4) is 0 Å². The molecule has 4 rings (SSSR count). The van der Waals surface area contributed by atoms with E-state index in [1.165, 1.54) is 12.1 Å². The quantitative estimate of drug-likeness (QED) is 0.455. The summed E-state index contributed by atoms with van der Waals surface area (Å²) in [5.41, 5.74) is 0.660. The van der Waals surface area contributed by atoms with Crippen molar-refractivity contribution in [3.63, 3.8) is 0 Å². The molecule has 8 nitrogen and oxygen atoms in total. The molecular weight excluding hydrogens is 427 g/mol. The van der Waals surface area contributed by atoms with Crippen molar-refractivity contribution in [1.29, 1.82) is 0 Å². The lowest BCUT2D eigenvalue weighted by Crippen LogP contribution is -2.54. The van der Waals surface area contributed by atoms with Gasteiger partial charge in [-0.3, -0.25) is 14.4 Å².